The first-order valence-corrected chi connectivity index (χ1v) is 5.94. The van der Waals surface area contributed by atoms with E-state index in [1.54, 1.807) is 20.3 Å². The van der Waals surface area contributed by atoms with Crippen molar-refractivity contribution in [2.24, 2.45) is 0 Å². The number of imidazole rings is 1. The molecule has 0 aliphatic carbocycles. The Morgan fingerprint density at radius 3 is 2.40 bits per heavy atom. The Hall–Kier alpha value is -2.63. The van der Waals surface area contributed by atoms with Gasteiger partial charge in [0.05, 0.1) is 25.9 Å². The highest BCUT2D eigenvalue weighted by molar-refractivity contribution is 5.76. The molecule has 20 heavy (non-hydrogen) atoms. The molecule has 1 aromatic carbocycles. The number of benzene rings is 1. The van der Waals surface area contributed by atoms with Crippen LogP contribution in [0.15, 0.2) is 30.5 Å². The van der Waals surface area contributed by atoms with E-state index in [-0.39, 0.29) is 0 Å². The summed E-state index contributed by atoms with van der Waals surface area (Å²) in [7, 11) is 3.16. The standard InChI is InChI=1S/C14H12FN3O2/c1-19-10-3-8(4-11(6-10)20-2)13-17-12-5-9(15)7-16-14(12)18-13/h3-7H,1-2H3,(H,16,17,18). The molecule has 0 fully saturated rings. The molecule has 102 valence electrons. The number of nitrogens with one attached hydrogen (secondary N) is 1. The number of hydrogen-bond acceptors (Lipinski definition) is 4. The summed E-state index contributed by atoms with van der Waals surface area (Å²) in [5.41, 5.74) is 1.78. The van der Waals surface area contributed by atoms with Crippen molar-refractivity contribution in [1.29, 1.82) is 0 Å². The number of halogens is 1. The van der Waals surface area contributed by atoms with Gasteiger partial charge in [-0.2, -0.15) is 0 Å². The number of rotatable bonds is 3. The number of ether oxygens (including phenoxy) is 2. The highest BCUT2D eigenvalue weighted by atomic mass is 19.1. The molecule has 0 aliphatic rings. The number of H-pyrrole nitrogens is 1. The Bertz CT molecular complexity index is 748. The average Bonchev–Trinajstić information content (AvgIpc) is 2.89. The molecule has 1 N–H and O–H groups in total. The molecule has 3 rings (SSSR count). The Morgan fingerprint density at radius 2 is 1.75 bits per heavy atom. The second-order valence-corrected chi connectivity index (χ2v) is 4.21. The largest absolute Gasteiger partial charge is 0.497 e. The fourth-order valence-electron chi connectivity index (χ4n) is 1.96. The molecule has 0 saturated heterocycles. The molecule has 0 saturated carbocycles. The normalized spacial score (nSPS) is 10.8. The third-order valence-corrected chi connectivity index (χ3v) is 2.93. The van der Waals surface area contributed by atoms with Crippen LogP contribution in [0.3, 0.4) is 0 Å². The summed E-state index contributed by atoms with van der Waals surface area (Å²) in [6, 6.07) is 6.76. The van der Waals surface area contributed by atoms with Crippen molar-refractivity contribution in [2.75, 3.05) is 14.2 Å². The zero-order chi connectivity index (χ0) is 14.1. The maximum atomic E-state index is 13.1. The van der Waals surface area contributed by atoms with Gasteiger partial charge in [-0.3, -0.25) is 0 Å². The maximum absolute atomic E-state index is 13.1. The number of fused-ring (bicyclic) bond motifs is 1. The van der Waals surface area contributed by atoms with Gasteiger partial charge in [-0.05, 0) is 12.1 Å². The second-order valence-electron chi connectivity index (χ2n) is 4.21. The van der Waals surface area contributed by atoms with Gasteiger partial charge in [-0.25, -0.2) is 14.4 Å². The highest BCUT2D eigenvalue weighted by Crippen LogP contribution is 2.29. The van der Waals surface area contributed by atoms with Gasteiger partial charge >= 0.3 is 0 Å². The van der Waals surface area contributed by atoms with Crippen molar-refractivity contribution < 1.29 is 13.9 Å². The minimum absolute atomic E-state index is 0.407. The molecule has 3 aromatic rings. The van der Waals surface area contributed by atoms with Gasteiger partial charge in [0.1, 0.15) is 23.1 Å². The number of aromatic nitrogens is 3. The van der Waals surface area contributed by atoms with Gasteiger partial charge in [0.2, 0.25) is 0 Å². The summed E-state index contributed by atoms with van der Waals surface area (Å²) >= 11 is 0. The van der Waals surface area contributed by atoms with Crippen LogP contribution in [-0.2, 0) is 0 Å². The SMILES string of the molecule is COc1cc(OC)cc(-c2nc3ncc(F)cc3[nH]2)c1. The van der Waals surface area contributed by atoms with Gasteiger partial charge < -0.3 is 14.5 Å². The molecule has 0 aliphatic heterocycles. The summed E-state index contributed by atoms with van der Waals surface area (Å²) in [5, 5.41) is 0. The van der Waals surface area contributed by atoms with Gasteiger partial charge in [-0.1, -0.05) is 0 Å². The van der Waals surface area contributed by atoms with Crippen LogP contribution in [0.2, 0.25) is 0 Å². The Balaban J connectivity index is 2.14. The van der Waals surface area contributed by atoms with Crippen LogP contribution in [0.1, 0.15) is 0 Å². The van der Waals surface area contributed by atoms with Gasteiger partial charge in [0, 0.05) is 17.7 Å². The van der Waals surface area contributed by atoms with E-state index >= 15 is 0 Å². The van der Waals surface area contributed by atoms with Crippen LogP contribution in [0.5, 0.6) is 11.5 Å². The molecule has 0 amide bonds. The molecule has 0 spiro atoms. The molecule has 6 heteroatoms. The predicted molar refractivity (Wildman–Crippen MR) is 72.4 cm³/mol. The van der Waals surface area contributed by atoms with Crippen LogP contribution >= 0.6 is 0 Å². The van der Waals surface area contributed by atoms with E-state index in [0.29, 0.717) is 28.5 Å². The summed E-state index contributed by atoms with van der Waals surface area (Å²) < 4.78 is 23.6. The first-order valence-electron chi connectivity index (χ1n) is 5.94. The zero-order valence-electron chi connectivity index (χ0n) is 11.0. The molecular formula is C14H12FN3O2. The predicted octanol–water partition coefficient (Wildman–Crippen LogP) is 2.78. The molecule has 2 aromatic heterocycles. The Kier molecular flexibility index (Phi) is 2.98. The van der Waals surface area contributed by atoms with Gasteiger partial charge in [0.15, 0.2) is 5.65 Å². The van der Waals surface area contributed by atoms with E-state index < -0.39 is 5.82 Å². The topological polar surface area (TPSA) is 60.0 Å². The van der Waals surface area contributed by atoms with Crippen molar-refractivity contribution >= 4 is 11.2 Å². The van der Waals surface area contributed by atoms with Crippen LogP contribution in [0.4, 0.5) is 4.39 Å². The number of pyridine rings is 1. The minimum Gasteiger partial charge on any atom is -0.497 e. The lowest BCUT2D eigenvalue weighted by molar-refractivity contribution is 0.394. The fourth-order valence-corrected chi connectivity index (χ4v) is 1.96. The highest BCUT2D eigenvalue weighted by Gasteiger charge is 2.10. The fraction of sp³-hybridized carbons (Fsp3) is 0.143. The summed E-state index contributed by atoms with van der Waals surface area (Å²) in [6.07, 6.45) is 1.14. The first-order chi connectivity index (χ1) is 9.69. The van der Waals surface area contributed by atoms with E-state index in [4.69, 9.17) is 9.47 Å². The van der Waals surface area contributed by atoms with Gasteiger partial charge in [0.25, 0.3) is 0 Å². The third-order valence-electron chi connectivity index (χ3n) is 2.93. The molecule has 2 heterocycles. The molecule has 0 radical (unpaired) electrons. The number of aromatic amines is 1. The molecule has 0 bridgehead atoms. The zero-order valence-corrected chi connectivity index (χ0v) is 11.0. The van der Waals surface area contributed by atoms with Crippen molar-refractivity contribution in [1.82, 2.24) is 15.0 Å². The smallest absolute Gasteiger partial charge is 0.178 e. The second kappa shape index (κ2) is 4.80. The molecular weight excluding hydrogens is 261 g/mol. The van der Waals surface area contributed by atoms with Crippen molar-refractivity contribution in [3.05, 3.63) is 36.3 Å². The maximum Gasteiger partial charge on any atom is 0.178 e. The molecule has 0 unspecified atom stereocenters. The number of nitrogens with zero attached hydrogens (tertiary/aromatic N) is 2. The summed E-state index contributed by atoms with van der Waals surface area (Å²) in [4.78, 5) is 11.3. The lowest BCUT2D eigenvalue weighted by Crippen LogP contribution is -1.89. The minimum atomic E-state index is -0.407. The summed E-state index contributed by atoms with van der Waals surface area (Å²) in [6.45, 7) is 0. The van der Waals surface area contributed by atoms with E-state index in [1.165, 1.54) is 6.07 Å². The van der Waals surface area contributed by atoms with Crippen molar-refractivity contribution in [2.45, 2.75) is 0 Å². The van der Waals surface area contributed by atoms with Crippen molar-refractivity contribution in [3.63, 3.8) is 0 Å². The quantitative estimate of drug-likeness (QED) is 0.797. The monoisotopic (exact) mass is 273 g/mol. The van der Waals surface area contributed by atoms with E-state index in [0.717, 1.165) is 11.8 Å². The van der Waals surface area contributed by atoms with E-state index in [2.05, 4.69) is 15.0 Å². The lowest BCUT2D eigenvalue weighted by atomic mass is 10.2. The number of hydrogen-bond donors (Lipinski definition) is 1. The van der Waals surface area contributed by atoms with Crippen LogP contribution in [0.25, 0.3) is 22.6 Å². The Morgan fingerprint density at radius 1 is 1.05 bits per heavy atom. The van der Waals surface area contributed by atoms with Crippen LogP contribution in [-0.4, -0.2) is 29.2 Å². The first kappa shape index (κ1) is 12.4. The van der Waals surface area contributed by atoms with Crippen LogP contribution < -0.4 is 9.47 Å². The van der Waals surface area contributed by atoms with Crippen molar-refractivity contribution in [3.8, 4) is 22.9 Å². The molecule has 5 nitrogen and oxygen atoms in total. The third kappa shape index (κ3) is 2.16. The lowest BCUT2D eigenvalue weighted by Gasteiger charge is -2.06. The van der Waals surface area contributed by atoms with Crippen LogP contribution in [0, 0.1) is 5.82 Å². The molecule has 0 atom stereocenters. The summed E-state index contributed by atoms with van der Waals surface area (Å²) in [5.74, 6) is 1.48. The average molecular weight is 273 g/mol. The number of methoxy groups -OCH3 is 2. The Labute approximate surface area is 114 Å². The van der Waals surface area contributed by atoms with E-state index in [1.807, 2.05) is 12.1 Å². The van der Waals surface area contributed by atoms with Gasteiger partial charge in [-0.15, -0.1) is 0 Å². The van der Waals surface area contributed by atoms with E-state index in [9.17, 15) is 4.39 Å².